The van der Waals surface area contributed by atoms with Gasteiger partial charge in [0.15, 0.2) is 0 Å². The van der Waals surface area contributed by atoms with Gasteiger partial charge in [0.25, 0.3) is 0 Å². The number of methoxy groups -OCH3 is 1. The number of ether oxygens (including phenoxy) is 1. The van der Waals surface area contributed by atoms with Gasteiger partial charge < -0.3 is 10.1 Å². The van der Waals surface area contributed by atoms with Crippen LogP contribution in [-0.2, 0) is 17.3 Å². The smallest absolute Gasteiger partial charge is 0.147 e. The molecule has 0 saturated carbocycles. The van der Waals surface area contributed by atoms with Crippen LogP contribution in [0.1, 0.15) is 5.56 Å². The molecule has 1 N–H and O–H groups in total. The Morgan fingerprint density at radius 1 is 1.35 bits per heavy atom. The van der Waals surface area contributed by atoms with Gasteiger partial charge in [-0.15, -0.1) is 0 Å². The van der Waals surface area contributed by atoms with Crippen LogP contribution in [-0.4, -0.2) is 29.9 Å². The van der Waals surface area contributed by atoms with Crippen molar-refractivity contribution in [2.24, 2.45) is 0 Å². The highest BCUT2D eigenvalue weighted by atomic mass is 79.9. The maximum atomic E-state index is 10.9. The fourth-order valence-electron chi connectivity index (χ4n) is 1.36. The van der Waals surface area contributed by atoms with Crippen molar-refractivity contribution >= 4 is 42.7 Å². The number of nitrogens with one attached hydrogen (secondary N) is 1. The molecule has 0 radical (unpaired) electrons. The monoisotopic (exact) mass is 383 g/mol. The van der Waals surface area contributed by atoms with E-state index < -0.39 is 10.8 Å². The maximum absolute atomic E-state index is 10.9. The first kappa shape index (κ1) is 15.1. The summed E-state index contributed by atoms with van der Waals surface area (Å²) in [6.45, 7) is 1.50. The molecule has 0 spiro atoms. The second kappa shape index (κ2) is 7.51. The lowest BCUT2D eigenvalue weighted by molar-refractivity contribution is 0.409. The predicted octanol–water partition coefficient (Wildman–Crippen LogP) is 2.69. The number of hydrogen-bond acceptors (Lipinski definition) is 3. The van der Waals surface area contributed by atoms with E-state index in [0.717, 1.165) is 33.3 Å². The standard InChI is InChI=1S/C11H15Br2NO2S/c1-16-11-9(12)5-8(6-10(11)13)7-14-3-4-17(2)15/h5-6,14H,3-4,7H2,1-2H3. The molecule has 96 valence electrons. The van der Waals surface area contributed by atoms with E-state index in [-0.39, 0.29) is 0 Å². The van der Waals surface area contributed by atoms with Crippen LogP contribution in [0.2, 0.25) is 0 Å². The number of benzene rings is 1. The molecule has 1 aromatic carbocycles. The van der Waals surface area contributed by atoms with Crippen molar-refractivity contribution in [3.8, 4) is 5.75 Å². The van der Waals surface area contributed by atoms with E-state index in [9.17, 15) is 4.21 Å². The van der Waals surface area contributed by atoms with Crippen molar-refractivity contribution in [2.75, 3.05) is 25.7 Å². The van der Waals surface area contributed by atoms with E-state index in [0.29, 0.717) is 5.75 Å². The Balaban J connectivity index is 2.58. The van der Waals surface area contributed by atoms with E-state index in [1.807, 2.05) is 12.1 Å². The van der Waals surface area contributed by atoms with Gasteiger partial charge in [0.2, 0.25) is 0 Å². The van der Waals surface area contributed by atoms with Crippen LogP contribution in [0.15, 0.2) is 21.1 Å². The molecule has 1 unspecified atom stereocenters. The molecule has 3 nitrogen and oxygen atoms in total. The van der Waals surface area contributed by atoms with Crippen LogP contribution in [0.4, 0.5) is 0 Å². The van der Waals surface area contributed by atoms with Crippen molar-refractivity contribution in [3.05, 3.63) is 26.6 Å². The predicted molar refractivity (Wildman–Crippen MR) is 79.0 cm³/mol. The average molecular weight is 385 g/mol. The summed E-state index contributed by atoms with van der Waals surface area (Å²) in [6.07, 6.45) is 1.71. The molecule has 1 aromatic rings. The van der Waals surface area contributed by atoms with Crippen LogP contribution in [0.3, 0.4) is 0 Å². The third-order valence-electron chi connectivity index (χ3n) is 2.16. The zero-order chi connectivity index (χ0) is 12.8. The van der Waals surface area contributed by atoms with Gasteiger partial charge in [-0.25, -0.2) is 0 Å². The van der Waals surface area contributed by atoms with E-state index in [1.54, 1.807) is 13.4 Å². The second-order valence-electron chi connectivity index (χ2n) is 3.55. The molecular formula is C11H15Br2NO2S. The molecular weight excluding hydrogens is 370 g/mol. The fraction of sp³-hybridized carbons (Fsp3) is 0.455. The summed E-state index contributed by atoms with van der Waals surface area (Å²) in [5.74, 6) is 1.47. The minimum absolute atomic E-state index is 0.679. The highest BCUT2D eigenvalue weighted by molar-refractivity contribution is 9.11. The maximum Gasteiger partial charge on any atom is 0.147 e. The molecule has 6 heteroatoms. The van der Waals surface area contributed by atoms with Gasteiger partial charge in [-0.05, 0) is 49.6 Å². The fourth-order valence-corrected chi connectivity index (χ4v) is 3.39. The Hall–Kier alpha value is 0.0900. The Labute approximate surface area is 121 Å². The first-order valence-electron chi connectivity index (χ1n) is 5.07. The Kier molecular flexibility index (Phi) is 6.69. The topological polar surface area (TPSA) is 38.3 Å². The lowest BCUT2D eigenvalue weighted by Gasteiger charge is -2.10. The normalized spacial score (nSPS) is 12.5. The van der Waals surface area contributed by atoms with Crippen molar-refractivity contribution in [2.45, 2.75) is 6.54 Å². The zero-order valence-corrected chi connectivity index (χ0v) is 13.7. The lowest BCUT2D eigenvalue weighted by atomic mass is 10.2. The van der Waals surface area contributed by atoms with Gasteiger partial charge in [0.1, 0.15) is 5.75 Å². The molecule has 0 bridgehead atoms. The van der Waals surface area contributed by atoms with Crippen LogP contribution in [0.25, 0.3) is 0 Å². The van der Waals surface area contributed by atoms with E-state index >= 15 is 0 Å². The first-order chi connectivity index (χ1) is 8.04. The third-order valence-corrected chi connectivity index (χ3v) is 4.11. The minimum Gasteiger partial charge on any atom is -0.494 e. The molecule has 0 heterocycles. The van der Waals surface area contributed by atoms with E-state index in [1.165, 1.54) is 0 Å². The molecule has 0 aliphatic rings. The molecule has 0 fully saturated rings. The van der Waals surface area contributed by atoms with Crippen molar-refractivity contribution in [1.82, 2.24) is 5.32 Å². The Bertz CT molecular complexity index is 389. The van der Waals surface area contributed by atoms with Crippen LogP contribution >= 0.6 is 31.9 Å². The SMILES string of the molecule is COc1c(Br)cc(CNCCS(C)=O)cc1Br. The molecule has 17 heavy (non-hydrogen) atoms. The summed E-state index contributed by atoms with van der Waals surface area (Å²) >= 11 is 6.92. The van der Waals surface area contributed by atoms with Crippen molar-refractivity contribution < 1.29 is 8.95 Å². The Morgan fingerprint density at radius 2 is 1.94 bits per heavy atom. The average Bonchev–Trinajstić information content (AvgIpc) is 2.24. The highest BCUT2D eigenvalue weighted by Crippen LogP contribution is 2.34. The minimum atomic E-state index is -0.738. The van der Waals surface area contributed by atoms with Crippen LogP contribution in [0, 0.1) is 0 Å². The molecule has 1 rings (SSSR count). The van der Waals surface area contributed by atoms with Gasteiger partial charge >= 0.3 is 0 Å². The highest BCUT2D eigenvalue weighted by Gasteiger charge is 2.07. The zero-order valence-electron chi connectivity index (χ0n) is 9.76. The lowest BCUT2D eigenvalue weighted by Crippen LogP contribution is -2.19. The largest absolute Gasteiger partial charge is 0.494 e. The van der Waals surface area contributed by atoms with E-state index in [4.69, 9.17) is 4.74 Å². The summed E-state index contributed by atoms with van der Waals surface area (Å²) in [4.78, 5) is 0. The van der Waals surface area contributed by atoms with Gasteiger partial charge in [-0.1, -0.05) is 0 Å². The molecule has 0 amide bonds. The van der Waals surface area contributed by atoms with Crippen molar-refractivity contribution in [3.63, 3.8) is 0 Å². The van der Waals surface area contributed by atoms with Crippen LogP contribution in [0.5, 0.6) is 5.75 Å². The summed E-state index contributed by atoms with van der Waals surface area (Å²) in [7, 11) is 0.900. The molecule has 0 aromatic heterocycles. The number of rotatable bonds is 6. The summed E-state index contributed by atoms with van der Waals surface area (Å²) in [5, 5.41) is 3.25. The summed E-state index contributed by atoms with van der Waals surface area (Å²) < 4.78 is 18.0. The van der Waals surface area contributed by atoms with Gasteiger partial charge in [-0.2, -0.15) is 0 Å². The molecule has 0 saturated heterocycles. The molecule has 1 atom stereocenters. The quantitative estimate of drug-likeness (QED) is 0.766. The number of halogens is 2. The summed E-state index contributed by atoms with van der Waals surface area (Å²) in [6, 6.07) is 4.03. The Morgan fingerprint density at radius 3 is 2.41 bits per heavy atom. The van der Waals surface area contributed by atoms with Gasteiger partial charge in [-0.3, -0.25) is 4.21 Å². The van der Waals surface area contributed by atoms with Crippen LogP contribution < -0.4 is 10.1 Å². The third kappa shape index (κ3) is 5.07. The van der Waals surface area contributed by atoms with Gasteiger partial charge in [0, 0.05) is 35.9 Å². The first-order valence-corrected chi connectivity index (χ1v) is 8.38. The summed E-state index contributed by atoms with van der Waals surface area (Å²) in [5.41, 5.74) is 1.14. The number of hydrogen-bond donors (Lipinski definition) is 1. The van der Waals surface area contributed by atoms with E-state index in [2.05, 4.69) is 37.2 Å². The van der Waals surface area contributed by atoms with Gasteiger partial charge in [0.05, 0.1) is 16.1 Å². The van der Waals surface area contributed by atoms with Crippen molar-refractivity contribution in [1.29, 1.82) is 0 Å². The second-order valence-corrected chi connectivity index (χ2v) is 6.81. The molecule has 0 aliphatic carbocycles. The molecule has 0 aliphatic heterocycles.